The Labute approximate surface area is 132 Å². The Balaban J connectivity index is 2.43. The number of rotatable bonds is 5. The second-order valence-electron chi connectivity index (χ2n) is 5.51. The van der Waals surface area contributed by atoms with E-state index in [9.17, 15) is 9.59 Å². The van der Waals surface area contributed by atoms with Crippen LogP contribution >= 0.6 is 15.9 Å². The van der Waals surface area contributed by atoms with Crippen LogP contribution in [-0.2, 0) is 16.0 Å². The minimum absolute atomic E-state index is 0.388. The molecular weight excluding hydrogens is 340 g/mol. The topological polar surface area (TPSA) is 69.6 Å². The first kappa shape index (κ1) is 17.6. The highest BCUT2D eigenvalue weighted by atomic mass is 79.9. The number of nitrogens with one attached hydrogen (secondary N) is 1. The molecule has 0 unspecified atom stereocenters. The fourth-order valence-electron chi connectivity index (χ4n) is 1.69. The standard InChI is InChI=1S/C14H21BrN2O4/c1-14(2,3)21-13(19)16-6-5-7-17-9-10(15)8-11(17)12(18)20-4/h8-9H,5-7H2,1-4H3,(H,16,19). The summed E-state index contributed by atoms with van der Waals surface area (Å²) in [6.07, 6.45) is 2.04. The predicted molar refractivity (Wildman–Crippen MR) is 82.3 cm³/mol. The van der Waals surface area contributed by atoms with Gasteiger partial charge < -0.3 is 19.4 Å². The molecule has 118 valence electrons. The zero-order valence-electron chi connectivity index (χ0n) is 12.7. The molecule has 1 aromatic heterocycles. The molecule has 0 aliphatic heterocycles. The maximum atomic E-state index is 11.6. The first-order chi connectivity index (χ1) is 9.73. The third-order valence-corrected chi connectivity index (χ3v) is 2.94. The van der Waals surface area contributed by atoms with Gasteiger partial charge >= 0.3 is 12.1 Å². The van der Waals surface area contributed by atoms with Crippen molar-refractivity contribution in [1.82, 2.24) is 9.88 Å². The molecule has 6 nitrogen and oxygen atoms in total. The summed E-state index contributed by atoms with van der Waals surface area (Å²) >= 11 is 3.33. The van der Waals surface area contributed by atoms with Gasteiger partial charge in [0.05, 0.1) is 7.11 Å². The van der Waals surface area contributed by atoms with Crippen molar-refractivity contribution in [3.63, 3.8) is 0 Å². The van der Waals surface area contributed by atoms with Crippen LogP contribution < -0.4 is 5.32 Å². The average Bonchev–Trinajstić information content (AvgIpc) is 2.73. The third kappa shape index (κ3) is 6.20. The van der Waals surface area contributed by atoms with Gasteiger partial charge in [-0.25, -0.2) is 9.59 Å². The molecule has 0 aliphatic rings. The lowest BCUT2D eigenvalue weighted by molar-refractivity contribution is 0.0523. The molecule has 0 bridgehead atoms. The number of hydrogen-bond donors (Lipinski definition) is 1. The molecular formula is C14H21BrN2O4. The maximum absolute atomic E-state index is 11.6. The van der Waals surface area contributed by atoms with Gasteiger partial charge in [-0.1, -0.05) is 0 Å². The van der Waals surface area contributed by atoms with Crippen molar-refractivity contribution in [1.29, 1.82) is 0 Å². The van der Waals surface area contributed by atoms with E-state index in [1.165, 1.54) is 7.11 Å². The van der Waals surface area contributed by atoms with Crippen molar-refractivity contribution in [2.45, 2.75) is 39.3 Å². The number of nitrogens with zero attached hydrogens (tertiary/aromatic N) is 1. The number of hydrogen-bond acceptors (Lipinski definition) is 4. The second-order valence-corrected chi connectivity index (χ2v) is 6.43. The van der Waals surface area contributed by atoms with Gasteiger partial charge in [-0.2, -0.15) is 0 Å². The Bertz CT molecular complexity index is 506. The summed E-state index contributed by atoms with van der Waals surface area (Å²) in [7, 11) is 1.34. The number of ether oxygens (including phenoxy) is 2. The molecule has 1 N–H and O–H groups in total. The van der Waals surface area contributed by atoms with Crippen molar-refractivity contribution in [2.24, 2.45) is 0 Å². The van der Waals surface area contributed by atoms with E-state index in [1.54, 1.807) is 16.8 Å². The quantitative estimate of drug-likeness (QED) is 0.647. The molecule has 0 saturated heterocycles. The largest absolute Gasteiger partial charge is 0.464 e. The van der Waals surface area contributed by atoms with E-state index in [-0.39, 0.29) is 5.97 Å². The lowest BCUT2D eigenvalue weighted by Gasteiger charge is -2.19. The Morgan fingerprint density at radius 2 is 2.05 bits per heavy atom. The fraction of sp³-hybridized carbons (Fsp3) is 0.571. The second kappa shape index (κ2) is 7.49. The molecule has 21 heavy (non-hydrogen) atoms. The highest BCUT2D eigenvalue weighted by molar-refractivity contribution is 9.10. The van der Waals surface area contributed by atoms with Crippen LogP contribution in [-0.4, -0.2) is 35.9 Å². The molecule has 0 spiro atoms. The number of alkyl carbamates (subject to hydrolysis) is 1. The van der Waals surface area contributed by atoms with Crippen LogP contribution in [0.1, 0.15) is 37.7 Å². The number of carbonyl (C=O) groups is 2. The number of methoxy groups -OCH3 is 1. The van der Waals surface area contributed by atoms with Crippen LogP contribution in [0, 0.1) is 0 Å². The molecule has 1 rings (SSSR count). The van der Waals surface area contributed by atoms with Gasteiger partial charge in [-0.05, 0) is 49.2 Å². The van der Waals surface area contributed by atoms with Crippen LogP contribution in [0.4, 0.5) is 4.79 Å². The molecule has 1 amide bonds. The molecule has 7 heteroatoms. The van der Waals surface area contributed by atoms with Crippen LogP contribution in [0.15, 0.2) is 16.7 Å². The first-order valence-electron chi connectivity index (χ1n) is 6.64. The molecule has 0 atom stereocenters. The summed E-state index contributed by atoms with van der Waals surface area (Å²) in [6, 6.07) is 1.70. The number of carbonyl (C=O) groups excluding carboxylic acids is 2. The molecule has 1 heterocycles. The van der Waals surface area contributed by atoms with E-state index < -0.39 is 11.7 Å². The first-order valence-corrected chi connectivity index (χ1v) is 7.43. The van der Waals surface area contributed by atoms with Crippen molar-refractivity contribution >= 4 is 28.0 Å². The summed E-state index contributed by atoms with van der Waals surface area (Å²) in [5.74, 6) is -0.388. The number of amides is 1. The van der Waals surface area contributed by atoms with Crippen molar-refractivity contribution in [3.8, 4) is 0 Å². The van der Waals surface area contributed by atoms with Crippen LogP contribution in [0.25, 0.3) is 0 Å². The Morgan fingerprint density at radius 1 is 1.38 bits per heavy atom. The van der Waals surface area contributed by atoms with E-state index in [0.29, 0.717) is 25.2 Å². The summed E-state index contributed by atoms with van der Waals surface area (Å²) in [6.45, 7) is 6.49. The number of halogens is 1. The normalized spacial score (nSPS) is 11.1. The molecule has 0 fully saturated rings. The minimum atomic E-state index is -0.507. The van der Waals surface area contributed by atoms with Gasteiger partial charge in [0, 0.05) is 23.8 Å². The average molecular weight is 361 g/mol. The van der Waals surface area contributed by atoms with Gasteiger partial charge in [0.15, 0.2) is 0 Å². The van der Waals surface area contributed by atoms with Gasteiger partial charge in [0.1, 0.15) is 11.3 Å². The smallest absolute Gasteiger partial charge is 0.407 e. The van der Waals surface area contributed by atoms with Gasteiger partial charge in [0.2, 0.25) is 0 Å². The van der Waals surface area contributed by atoms with E-state index in [1.807, 2.05) is 20.8 Å². The summed E-state index contributed by atoms with van der Waals surface area (Å²) < 4.78 is 12.4. The van der Waals surface area contributed by atoms with Crippen molar-refractivity contribution in [2.75, 3.05) is 13.7 Å². The van der Waals surface area contributed by atoms with Gasteiger partial charge in [0.25, 0.3) is 0 Å². The summed E-state index contributed by atoms with van der Waals surface area (Å²) in [5.41, 5.74) is -0.0328. The Morgan fingerprint density at radius 3 is 2.62 bits per heavy atom. The highest BCUT2D eigenvalue weighted by Crippen LogP contribution is 2.16. The minimum Gasteiger partial charge on any atom is -0.464 e. The molecule has 0 aromatic carbocycles. The number of aromatic nitrogens is 1. The third-order valence-electron chi connectivity index (χ3n) is 2.50. The van der Waals surface area contributed by atoms with Gasteiger partial charge in [-0.15, -0.1) is 0 Å². The lowest BCUT2D eigenvalue weighted by Crippen LogP contribution is -2.33. The van der Waals surface area contributed by atoms with Crippen molar-refractivity contribution in [3.05, 3.63) is 22.4 Å². The Kier molecular flexibility index (Phi) is 6.26. The van der Waals surface area contributed by atoms with E-state index >= 15 is 0 Å². The van der Waals surface area contributed by atoms with E-state index in [2.05, 4.69) is 21.2 Å². The summed E-state index contributed by atoms with van der Waals surface area (Å²) in [4.78, 5) is 23.1. The van der Waals surface area contributed by atoms with Crippen LogP contribution in [0.3, 0.4) is 0 Å². The van der Waals surface area contributed by atoms with Crippen molar-refractivity contribution < 1.29 is 19.1 Å². The van der Waals surface area contributed by atoms with Crippen LogP contribution in [0.2, 0.25) is 0 Å². The van der Waals surface area contributed by atoms with E-state index in [4.69, 9.17) is 9.47 Å². The molecule has 0 aliphatic carbocycles. The lowest BCUT2D eigenvalue weighted by atomic mass is 10.2. The Hall–Kier alpha value is -1.50. The fourth-order valence-corrected chi connectivity index (χ4v) is 2.15. The SMILES string of the molecule is COC(=O)c1cc(Br)cn1CCCNC(=O)OC(C)(C)C. The zero-order chi connectivity index (χ0) is 16.0. The van der Waals surface area contributed by atoms with Gasteiger partial charge in [-0.3, -0.25) is 0 Å². The van der Waals surface area contributed by atoms with Crippen LogP contribution in [0.5, 0.6) is 0 Å². The number of aryl methyl sites for hydroxylation is 1. The maximum Gasteiger partial charge on any atom is 0.407 e. The van der Waals surface area contributed by atoms with E-state index in [0.717, 1.165) is 4.47 Å². The molecule has 1 aromatic rings. The predicted octanol–water partition coefficient (Wildman–Crippen LogP) is 2.95. The zero-order valence-corrected chi connectivity index (χ0v) is 14.3. The molecule has 0 radical (unpaired) electrons. The number of esters is 1. The monoisotopic (exact) mass is 360 g/mol. The summed E-state index contributed by atoms with van der Waals surface area (Å²) in [5, 5.41) is 2.68. The molecule has 0 saturated carbocycles. The highest BCUT2D eigenvalue weighted by Gasteiger charge is 2.16.